The van der Waals surface area contributed by atoms with Gasteiger partial charge < -0.3 is 20.4 Å². The SMILES string of the molecule is C=CC(=O)O.C=CC(=O)O.C=CC(=O)O.C=CC(=O)O.CN1C(C)(C)CCCC1(C)C.CN1C(C)(C)CCCC1(C)C.CN1C(C)(C)CCCC1(C)C.CN1C(C)(C)CCCC1(C)C. The summed E-state index contributed by atoms with van der Waals surface area (Å²) in [6.45, 7) is 49.3. The van der Waals surface area contributed by atoms with Gasteiger partial charge in [-0.15, -0.1) is 0 Å². The van der Waals surface area contributed by atoms with Crippen molar-refractivity contribution < 1.29 is 39.6 Å². The van der Waals surface area contributed by atoms with E-state index in [0.29, 0.717) is 44.3 Å². The molecule has 4 fully saturated rings. The number of rotatable bonds is 4. The number of carboxylic acid groups (broad SMARTS) is 4. The summed E-state index contributed by atoms with van der Waals surface area (Å²) >= 11 is 0. The zero-order valence-corrected chi connectivity index (χ0v) is 44.8. The summed E-state index contributed by atoms with van der Waals surface area (Å²) in [4.78, 5) is 47.1. The Balaban J connectivity index is -0.000000330. The highest BCUT2D eigenvalue weighted by atomic mass is 16.4. The van der Waals surface area contributed by atoms with Crippen molar-refractivity contribution in [2.24, 2.45) is 0 Å². The smallest absolute Gasteiger partial charge is 0.327 e. The first-order valence-electron chi connectivity index (χ1n) is 22.9. The summed E-state index contributed by atoms with van der Waals surface area (Å²) < 4.78 is 0. The predicted octanol–water partition coefficient (Wildman–Crippen LogP) is 11.7. The van der Waals surface area contributed by atoms with E-state index in [2.05, 4.69) is 185 Å². The molecule has 4 aliphatic rings. The second kappa shape index (κ2) is 28.7. The van der Waals surface area contributed by atoms with Gasteiger partial charge in [-0.05, 0) is 216 Å². The van der Waals surface area contributed by atoms with Crippen LogP contribution < -0.4 is 0 Å². The number of piperidine rings is 4. The molecule has 0 aliphatic carbocycles. The minimum Gasteiger partial charge on any atom is -0.478 e. The Labute approximate surface area is 392 Å². The van der Waals surface area contributed by atoms with Crippen molar-refractivity contribution >= 4 is 23.9 Å². The topological polar surface area (TPSA) is 162 Å². The fourth-order valence-electron chi connectivity index (χ4n) is 8.43. The van der Waals surface area contributed by atoms with E-state index in [4.69, 9.17) is 20.4 Å². The molecule has 4 saturated heterocycles. The predicted molar refractivity (Wildman–Crippen MR) is 270 cm³/mol. The average molecular weight is 909 g/mol. The molecule has 12 nitrogen and oxygen atoms in total. The van der Waals surface area contributed by atoms with E-state index < -0.39 is 23.9 Å². The lowest BCUT2D eigenvalue weighted by Gasteiger charge is -2.51. The third kappa shape index (κ3) is 27.2. The van der Waals surface area contributed by atoms with Gasteiger partial charge in [-0.2, -0.15) is 0 Å². The first-order chi connectivity index (χ1) is 28.5. The van der Waals surface area contributed by atoms with Gasteiger partial charge in [-0.1, -0.05) is 26.3 Å². The summed E-state index contributed by atoms with van der Waals surface area (Å²) in [6, 6.07) is 0. The van der Waals surface area contributed by atoms with Crippen LogP contribution in [0.4, 0.5) is 0 Å². The van der Waals surface area contributed by atoms with Crippen LogP contribution in [-0.2, 0) is 19.2 Å². The summed E-state index contributed by atoms with van der Waals surface area (Å²) in [5.41, 5.74) is 3.24. The van der Waals surface area contributed by atoms with E-state index in [0.717, 1.165) is 24.3 Å². The van der Waals surface area contributed by atoms with Gasteiger partial charge in [0.05, 0.1) is 0 Å². The molecule has 0 atom stereocenters. The Morgan fingerprint density at radius 2 is 0.391 bits per heavy atom. The van der Waals surface area contributed by atoms with Crippen LogP contribution >= 0.6 is 0 Å². The van der Waals surface area contributed by atoms with E-state index in [1.54, 1.807) is 0 Å². The van der Waals surface area contributed by atoms with E-state index in [9.17, 15) is 19.2 Å². The molecule has 64 heavy (non-hydrogen) atoms. The number of carbonyl (C=O) groups is 4. The number of hydrogen-bond acceptors (Lipinski definition) is 8. The van der Waals surface area contributed by atoms with Crippen LogP contribution in [0.15, 0.2) is 50.6 Å². The standard InChI is InChI=1S/4C10H21N.4C3H4O2/c4*1-9(2)7-6-8-10(3,4)11(9)5;4*1-2-3(4)5/h4*6-8H2,1-5H3;4*2H,1H2,(H,4,5). The van der Waals surface area contributed by atoms with Crippen LogP contribution in [0, 0.1) is 0 Å². The molecule has 12 heteroatoms. The highest BCUT2D eigenvalue weighted by Gasteiger charge is 2.40. The van der Waals surface area contributed by atoms with Crippen LogP contribution in [-0.4, -0.2) is 136 Å². The van der Waals surface area contributed by atoms with Gasteiger partial charge in [-0.25, -0.2) is 19.2 Å². The highest BCUT2D eigenvalue weighted by molar-refractivity contribution is 5.79. The zero-order valence-electron chi connectivity index (χ0n) is 44.8. The molecule has 0 amide bonds. The maximum Gasteiger partial charge on any atom is 0.327 e. The minimum absolute atomic E-state index is 0.405. The summed E-state index contributed by atoms with van der Waals surface area (Å²) in [5.74, 6) is -3.93. The van der Waals surface area contributed by atoms with Crippen LogP contribution in [0.3, 0.4) is 0 Å². The first-order valence-corrected chi connectivity index (χ1v) is 22.9. The summed E-state index contributed by atoms with van der Waals surface area (Å²) in [7, 11) is 9.00. The Morgan fingerprint density at radius 1 is 0.312 bits per heavy atom. The van der Waals surface area contributed by atoms with E-state index in [-0.39, 0.29) is 0 Å². The largest absolute Gasteiger partial charge is 0.478 e. The third-order valence-electron chi connectivity index (χ3n) is 14.3. The van der Waals surface area contributed by atoms with Gasteiger partial charge >= 0.3 is 23.9 Å². The fourth-order valence-corrected chi connectivity index (χ4v) is 8.43. The van der Waals surface area contributed by atoms with Crippen LogP contribution in [0.1, 0.15) is 188 Å². The molecule has 4 rings (SSSR count). The molecule has 0 aromatic rings. The molecule has 0 bridgehead atoms. The number of hydrogen-bond donors (Lipinski definition) is 4. The molecule has 0 aromatic carbocycles. The second-order valence-electron chi connectivity index (χ2n) is 22.3. The third-order valence-corrected chi connectivity index (χ3v) is 14.3. The average Bonchev–Trinajstić information content (AvgIpc) is 3.15. The fraction of sp³-hybridized carbons (Fsp3) is 0.769. The maximum absolute atomic E-state index is 9.25. The summed E-state index contributed by atoms with van der Waals surface area (Å²) in [5, 5.41) is 30.4. The van der Waals surface area contributed by atoms with E-state index in [1.807, 2.05) is 0 Å². The molecule has 0 aromatic heterocycles. The number of likely N-dealkylation sites (tertiary alicyclic amines) is 4. The van der Waals surface area contributed by atoms with Gasteiger partial charge in [0.2, 0.25) is 0 Å². The molecule has 376 valence electrons. The van der Waals surface area contributed by atoms with Gasteiger partial charge in [0.1, 0.15) is 0 Å². The summed E-state index contributed by atoms with van der Waals surface area (Å²) in [6.07, 6.45) is 19.6. The van der Waals surface area contributed by atoms with Crippen molar-refractivity contribution in [3.63, 3.8) is 0 Å². The lowest BCUT2D eigenvalue weighted by molar-refractivity contribution is -0.132. The van der Waals surface area contributed by atoms with Gasteiger partial charge in [-0.3, -0.25) is 19.6 Å². The molecule has 4 heterocycles. The molecular formula is C52H100N4O8. The maximum atomic E-state index is 9.25. The van der Waals surface area contributed by atoms with Crippen molar-refractivity contribution in [2.75, 3.05) is 28.2 Å². The molecule has 4 N–H and O–H groups in total. The van der Waals surface area contributed by atoms with Crippen molar-refractivity contribution in [1.82, 2.24) is 19.6 Å². The van der Waals surface area contributed by atoms with Crippen LogP contribution in [0.2, 0.25) is 0 Å². The molecule has 0 radical (unpaired) electrons. The Bertz CT molecular complexity index is 1180. The quantitative estimate of drug-likeness (QED) is 0.198. The van der Waals surface area contributed by atoms with Crippen molar-refractivity contribution in [3.05, 3.63) is 50.6 Å². The molecule has 4 aliphatic heterocycles. The van der Waals surface area contributed by atoms with Gasteiger partial charge in [0, 0.05) is 68.6 Å². The number of carboxylic acids is 4. The monoisotopic (exact) mass is 909 g/mol. The Morgan fingerprint density at radius 3 is 0.438 bits per heavy atom. The second-order valence-corrected chi connectivity index (χ2v) is 22.3. The number of aliphatic carboxylic acids is 4. The van der Waals surface area contributed by atoms with Crippen molar-refractivity contribution in [2.45, 2.75) is 232 Å². The molecular weight excluding hydrogens is 809 g/mol. The minimum atomic E-state index is -0.981. The Hall–Kier alpha value is -3.32. The zero-order chi connectivity index (χ0) is 51.9. The molecule has 0 unspecified atom stereocenters. The normalized spacial score (nSPS) is 22.8. The van der Waals surface area contributed by atoms with Crippen LogP contribution in [0.25, 0.3) is 0 Å². The first kappa shape index (κ1) is 67.3. The van der Waals surface area contributed by atoms with Crippen LogP contribution in [0.5, 0.6) is 0 Å². The highest BCUT2D eigenvalue weighted by Crippen LogP contribution is 2.39. The lowest BCUT2D eigenvalue weighted by Crippen LogP contribution is -2.56. The van der Waals surface area contributed by atoms with Crippen molar-refractivity contribution in [3.8, 4) is 0 Å². The number of nitrogens with zero attached hydrogens (tertiary/aromatic N) is 4. The van der Waals surface area contributed by atoms with Crippen molar-refractivity contribution in [1.29, 1.82) is 0 Å². The lowest BCUT2D eigenvalue weighted by atomic mass is 9.80. The van der Waals surface area contributed by atoms with Gasteiger partial charge in [0.25, 0.3) is 0 Å². The van der Waals surface area contributed by atoms with E-state index >= 15 is 0 Å². The molecule has 0 spiro atoms. The van der Waals surface area contributed by atoms with E-state index in [1.165, 1.54) is 77.0 Å². The molecule has 0 saturated carbocycles. The van der Waals surface area contributed by atoms with Gasteiger partial charge in [0.15, 0.2) is 0 Å². The Kier molecular flexibility index (Phi) is 30.1.